The van der Waals surface area contributed by atoms with Crippen LogP contribution >= 0.6 is 11.6 Å². The van der Waals surface area contributed by atoms with Crippen molar-refractivity contribution in [3.05, 3.63) is 59.1 Å². The first kappa shape index (κ1) is 15.1. The van der Waals surface area contributed by atoms with E-state index in [9.17, 15) is 4.79 Å². The maximum Gasteiger partial charge on any atom is 0.255 e. The van der Waals surface area contributed by atoms with Gasteiger partial charge in [-0.1, -0.05) is 48.0 Å². The van der Waals surface area contributed by atoms with Gasteiger partial charge in [0.2, 0.25) is 0 Å². The summed E-state index contributed by atoms with van der Waals surface area (Å²) in [5, 5.41) is 0.501. The molecule has 0 aromatic heterocycles. The first-order valence-electron chi connectivity index (χ1n) is 7.53. The smallest absolute Gasteiger partial charge is 0.255 e. The van der Waals surface area contributed by atoms with Gasteiger partial charge in [0.25, 0.3) is 5.91 Å². The second-order valence-corrected chi connectivity index (χ2v) is 6.11. The summed E-state index contributed by atoms with van der Waals surface area (Å²) in [7, 11) is 0. The molecule has 1 fully saturated rings. The van der Waals surface area contributed by atoms with E-state index < -0.39 is 0 Å². The highest BCUT2D eigenvalue weighted by molar-refractivity contribution is 6.34. The predicted molar refractivity (Wildman–Crippen MR) is 90.0 cm³/mol. The van der Waals surface area contributed by atoms with Crippen LogP contribution in [0.4, 0.5) is 0 Å². The van der Waals surface area contributed by atoms with Gasteiger partial charge in [0.1, 0.15) is 0 Å². The Morgan fingerprint density at radius 3 is 2.64 bits per heavy atom. The fourth-order valence-electron chi connectivity index (χ4n) is 2.88. The van der Waals surface area contributed by atoms with Gasteiger partial charge >= 0.3 is 0 Å². The average molecular weight is 315 g/mol. The summed E-state index contributed by atoms with van der Waals surface area (Å²) in [6.07, 6.45) is 0.970. The van der Waals surface area contributed by atoms with Crippen LogP contribution in [-0.2, 0) is 0 Å². The van der Waals surface area contributed by atoms with Gasteiger partial charge in [-0.3, -0.25) is 4.79 Å². The third-order valence-electron chi connectivity index (χ3n) is 4.21. The number of nitrogens with zero attached hydrogens (tertiary/aromatic N) is 1. The van der Waals surface area contributed by atoms with E-state index in [4.69, 9.17) is 17.3 Å². The quantitative estimate of drug-likeness (QED) is 0.943. The lowest BCUT2D eigenvalue weighted by molar-refractivity contribution is 0.0788. The Kier molecular flexibility index (Phi) is 4.46. The third-order valence-corrected chi connectivity index (χ3v) is 4.54. The van der Waals surface area contributed by atoms with Crippen molar-refractivity contribution in [3.63, 3.8) is 0 Å². The summed E-state index contributed by atoms with van der Waals surface area (Å²) >= 11 is 6.26. The Labute approximate surface area is 135 Å². The van der Waals surface area contributed by atoms with Crippen LogP contribution in [0.2, 0.25) is 5.02 Å². The maximum absolute atomic E-state index is 12.7. The molecule has 1 aliphatic rings. The number of benzene rings is 2. The topological polar surface area (TPSA) is 46.3 Å². The molecule has 2 aromatic rings. The number of halogens is 1. The fraction of sp³-hybridized carbons (Fsp3) is 0.278. The molecule has 114 valence electrons. The van der Waals surface area contributed by atoms with Crippen LogP contribution in [0.15, 0.2) is 48.5 Å². The molecule has 3 rings (SSSR count). The van der Waals surface area contributed by atoms with Crippen LogP contribution in [0.1, 0.15) is 16.8 Å². The molecule has 1 saturated heterocycles. The number of hydrogen-bond acceptors (Lipinski definition) is 2. The third kappa shape index (κ3) is 3.01. The van der Waals surface area contributed by atoms with Gasteiger partial charge in [0, 0.05) is 13.1 Å². The standard InChI is InChI=1S/C18H19ClN2O/c19-17-7-6-15(14-4-2-1-3-5-14)10-16(17)18(22)21-9-8-13(11-20)12-21/h1-7,10,13H,8-9,11-12,20H2. The Morgan fingerprint density at radius 2 is 1.95 bits per heavy atom. The van der Waals surface area contributed by atoms with Crippen LogP contribution in [0.25, 0.3) is 11.1 Å². The lowest BCUT2D eigenvalue weighted by Gasteiger charge is -2.17. The van der Waals surface area contributed by atoms with Crippen LogP contribution in [0, 0.1) is 5.92 Å². The molecular weight excluding hydrogens is 296 g/mol. The van der Waals surface area contributed by atoms with Crippen LogP contribution in [0.3, 0.4) is 0 Å². The highest BCUT2D eigenvalue weighted by Crippen LogP contribution is 2.27. The van der Waals surface area contributed by atoms with Gasteiger partial charge in [0.15, 0.2) is 0 Å². The molecule has 1 aliphatic heterocycles. The summed E-state index contributed by atoms with van der Waals surface area (Å²) in [6, 6.07) is 15.6. The van der Waals surface area contributed by atoms with Crippen molar-refractivity contribution in [2.24, 2.45) is 11.7 Å². The first-order chi connectivity index (χ1) is 10.7. The van der Waals surface area contributed by atoms with E-state index in [1.807, 2.05) is 47.4 Å². The molecule has 0 saturated carbocycles. The summed E-state index contributed by atoms with van der Waals surface area (Å²) in [4.78, 5) is 14.6. The van der Waals surface area contributed by atoms with E-state index in [-0.39, 0.29) is 5.91 Å². The van der Waals surface area contributed by atoms with Crippen molar-refractivity contribution in [1.29, 1.82) is 0 Å². The number of carbonyl (C=O) groups is 1. The second-order valence-electron chi connectivity index (χ2n) is 5.70. The van der Waals surface area contributed by atoms with Crippen molar-refractivity contribution >= 4 is 17.5 Å². The molecule has 2 aromatic carbocycles. The molecule has 1 amide bonds. The molecule has 1 heterocycles. The number of likely N-dealkylation sites (tertiary alicyclic amines) is 1. The number of carbonyl (C=O) groups excluding carboxylic acids is 1. The summed E-state index contributed by atoms with van der Waals surface area (Å²) in [6.45, 7) is 2.11. The molecule has 0 bridgehead atoms. The van der Waals surface area contributed by atoms with E-state index in [1.165, 1.54) is 0 Å². The predicted octanol–water partition coefficient (Wildman–Crippen LogP) is 3.43. The molecule has 3 nitrogen and oxygen atoms in total. The molecule has 0 aliphatic carbocycles. The molecular formula is C18H19ClN2O. The maximum atomic E-state index is 12.7. The molecule has 22 heavy (non-hydrogen) atoms. The minimum absolute atomic E-state index is 0.00117. The SMILES string of the molecule is NCC1CCN(C(=O)c2cc(-c3ccccc3)ccc2Cl)C1. The van der Waals surface area contributed by atoms with Gasteiger partial charge < -0.3 is 10.6 Å². The lowest BCUT2D eigenvalue weighted by atomic mass is 10.0. The molecule has 2 N–H and O–H groups in total. The van der Waals surface area contributed by atoms with E-state index in [0.717, 1.165) is 30.6 Å². The van der Waals surface area contributed by atoms with Crippen LogP contribution in [0.5, 0.6) is 0 Å². The largest absolute Gasteiger partial charge is 0.338 e. The minimum Gasteiger partial charge on any atom is -0.338 e. The molecule has 1 unspecified atom stereocenters. The number of amides is 1. The normalized spacial score (nSPS) is 17.7. The van der Waals surface area contributed by atoms with E-state index in [2.05, 4.69) is 0 Å². The Balaban J connectivity index is 1.89. The van der Waals surface area contributed by atoms with Gasteiger partial charge in [-0.15, -0.1) is 0 Å². The zero-order valence-corrected chi connectivity index (χ0v) is 13.1. The zero-order valence-electron chi connectivity index (χ0n) is 12.3. The number of rotatable bonds is 3. The van der Waals surface area contributed by atoms with Crippen molar-refractivity contribution in [2.75, 3.05) is 19.6 Å². The Morgan fingerprint density at radius 1 is 1.18 bits per heavy atom. The highest BCUT2D eigenvalue weighted by atomic mass is 35.5. The van der Waals surface area contributed by atoms with Gasteiger partial charge in [-0.2, -0.15) is 0 Å². The van der Waals surface area contributed by atoms with Crippen LogP contribution in [-0.4, -0.2) is 30.4 Å². The number of nitrogens with two attached hydrogens (primary N) is 1. The minimum atomic E-state index is -0.00117. The summed E-state index contributed by atoms with van der Waals surface area (Å²) in [5.41, 5.74) is 8.35. The van der Waals surface area contributed by atoms with Crippen molar-refractivity contribution in [1.82, 2.24) is 4.90 Å². The van der Waals surface area contributed by atoms with E-state index in [1.54, 1.807) is 6.07 Å². The van der Waals surface area contributed by atoms with E-state index in [0.29, 0.717) is 23.0 Å². The van der Waals surface area contributed by atoms with Crippen molar-refractivity contribution in [3.8, 4) is 11.1 Å². The van der Waals surface area contributed by atoms with Crippen LogP contribution < -0.4 is 5.73 Å². The monoisotopic (exact) mass is 314 g/mol. The van der Waals surface area contributed by atoms with Crippen molar-refractivity contribution < 1.29 is 4.79 Å². The average Bonchev–Trinajstić information content (AvgIpc) is 3.04. The Bertz CT molecular complexity index is 672. The van der Waals surface area contributed by atoms with Crippen molar-refractivity contribution in [2.45, 2.75) is 6.42 Å². The van der Waals surface area contributed by atoms with E-state index >= 15 is 0 Å². The van der Waals surface area contributed by atoms with Gasteiger partial charge in [-0.25, -0.2) is 0 Å². The Hall–Kier alpha value is -1.84. The first-order valence-corrected chi connectivity index (χ1v) is 7.91. The van der Waals surface area contributed by atoms with Gasteiger partial charge in [-0.05, 0) is 42.1 Å². The summed E-state index contributed by atoms with van der Waals surface area (Å²) < 4.78 is 0. The second kappa shape index (κ2) is 6.51. The highest BCUT2D eigenvalue weighted by Gasteiger charge is 2.27. The molecule has 0 radical (unpaired) electrons. The summed E-state index contributed by atoms with van der Waals surface area (Å²) in [5.74, 6) is 0.402. The lowest BCUT2D eigenvalue weighted by Crippen LogP contribution is -2.30. The number of hydrogen-bond donors (Lipinski definition) is 1. The molecule has 0 spiro atoms. The molecule has 4 heteroatoms. The zero-order chi connectivity index (χ0) is 15.5. The molecule has 1 atom stereocenters. The fourth-order valence-corrected chi connectivity index (χ4v) is 3.08. The van der Waals surface area contributed by atoms with Gasteiger partial charge in [0.05, 0.1) is 10.6 Å².